The molecule has 2 nitrogen and oxygen atoms in total. The summed E-state index contributed by atoms with van der Waals surface area (Å²) >= 11 is 0. The van der Waals surface area contributed by atoms with Crippen LogP contribution in [0.5, 0.6) is 5.75 Å². The third-order valence-corrected chi connectivity index (χ3v) is 2.55. The first-order valence-corrected chi connectivity index (χ1v) is 5.24. The third-order valence-electron chi connectivity index (χ3n) is 2.55. The Bertz CT molecular complexity index is 497. The first kappa shape index (κ1) is 13.2. The van der Waals surface area contributed by atoms with Crippen LogP contribution in [0.2, 0.25) is 0 Å². The summed E-state index contributed by atoms with van der Waals surface area (Å²) in [5.74, 6) is 0.967. The molecule has 16 heavy (non-hydrogen) atoms. The molecule has 0 amide bonds. The van der Waals surface area contributed by atoms with Crippen LogP contribution in [0.4, 0.5) is 0 Å². The molecule has 0 N–H and O–H groups in total. The first-order chi connectivity index (χ1) is 7.22. The molecule has 1 aromatic carbocycles. The van der Waals surface area contributed by atoms with Gasteiger partial charge in [-0.3, -0.25) is 0 Å². The van der Waals surface area contributed by atoms with Crippen LogP contribution < -0.4 is 33.3 Å². The van der Waals surface area contributed by atoms with Gasteiger partial charge in [-0.05, 0) is 25.5 Å². The number of fused-ring (bicyclic) bond motifs is 1. The van der Waals surface area contributed by atoms with Gasteiger partial charge in [0.15, 0.2) is 6.20 Å². The van der Waals surface area contributed by atoms with E-state index in [2.05, 4.69) is 29.7 Å². The zero-order chi connectivity index (χ0) is 10.8. The van der Waals surface area contributed by atoms with Gasteiger partial charge in [-0.25, -0.2) is 4.57 Å². The SMILES string of the molecule is CCOc1cc[n+](C)c2ccc(C)cc12.[I-]. The Hall–Kier alpha value is -0.840. The first-order valence-electron chi connectivity index (χ1n) is 5.24. The van der Waals surface area contributed by atoms with Crippen molar-refractivity contribution in [2.24, 2.45) is 7.05 Å². The largest absolute Gasteiger partial charge is 1.00 e. The van der Waals surface area contributed by atoms with Crippen molar-refractivity contribution < 1.29 is 33.3 Å². The summed E-state index contributed by atoms with van der Waals surface area (Å²) < 4.78 is 7.72. The summed E-state index contributed by atoms with van der Waals surface area (Å²) in [7, 11) is 2.05. The van der Waals surface area contributed by atoms with Crippen LogP contribution in [-0.2, 0) is 7.05 Å². The van der Waals surface area contributed by atoms with E-state index in [1.54, 1.807) is 0 Å². The summed E-state index contributed by atoms with van der Waals surface area (Å²) in [6.45, 7) is 4.81. The topological polar surface area (TPSA) is 13.1 Å². The number of aryl methyl sites for hydroxylation is 2. The number of hydrogen-bond acceptors (Lipinski definition) is 1. The van der Waals surface area contributed by atoms with Gasteiger partial charge in [-0.2, -0.15) is 0 Å². The number of nitrogens with zero attached hydrogens (tertiary/aromatic N) is 1. The zero-order valence-electron chi connectivity index (χ0n) is 9.83. The summed E-state index contributed by atoms with van der Waals surface area (Å²) in [5.41, 5.74) is 2.46. The Morgan fingerprint density at radius 1 is 1.25 bits per heavy atom. The lowest BCUT2D eigenvalue weighted by Gasteiger charge is -2.06. The Morgan fingerprint density at radius 3 is 2.69 bits per heavy atom. The van der Waals surface area contributed by atoms with Crippen LogP contribution in [0, 0.1) is 6.92 Å². The number of pyridine rings is 1. The van der Waals surface area contributed by atoms with Crippen molar-refractivity contribution in [3.05, 3.63) is 36.0 Å². The highest BCUT2D eigenvalue weighted by molar-refractivity contribution is 5.82. The highest BCUT2D eigenvalue weighted by atomic mass is 127. The molecule has 0 saturated carbocycles. The second kappa shape index (κ2) is 5.48. The van der Waals surface area contributed by atoms with E-state index in [9.17, 15) is 0 Å². The Balaban J connectivity index is 0.00000128. The van der Waals surface area contributed by atoms with Crippen LogP contribution in [0.3, 0.4) is 0 Å². The fourth-order valence-corrected chi connectivity index (χ4v) is 1.79. The Kier molecular flexibility index (Phi) is 4.53. The molecule has 0 unspecified atom stereocenters. The van der Waals surface area contributed by atoms with Crippen LogP contribution >= 0.6 is 0 Å². The van der Waals surface area contributed by atoms with E-state index in [0.717, 1.165) is 5.75 Å². The standard InChI is InChI=1S/C13H16NO.HI/c1-4-15-13-7-8-14(3)12-6-5-10(2)9-11(12)13;/h5-9H,4H2,1-3H3;1H/q+1;/p-1. The van der Waals surface area contributed by atoms with E-state index in [4.69, 9.17) is 4.74 Å². The van der Waals surface area contributed by atoms with Gasteiger partial charge in [0, 0.05) is 12.1 Å². The van der Waals surface area contributed by atoms with Gasteiger partial charge < -0.3 is 28.7 Å². The fourth-order valence-electron chi connectivity index (χ4n) is 1.79. The fraction of sp³-hybridized carbons (Fsp3) is 0.308. The van der Waals surface area contributed by atoms with E-state index in [1.807, 2.05) is 26.2 Å². The molecule has 1 aromatic heterocycles. The average molecular weight is 329 g/mol. The molecule has 0 fully saturated rings. The molecule has 2 rings (SSSR count). The molecule has 0 saturated heterocycles. The van der Waals surface area contributed by atoms with E-state index in [0.29, 0.717) is 6.61 Å². The minimum absolute atomic E-state index is 0. The van der Waals surface area contributed by atoms with E-state index >= 15 is 0 Å². The highest BCUT2D eigenvalue weighted by Gasteiger charge is 2.09. The quantitative estimate of drug-likeness (QED) is 0.529. The molecule has 0 radical (unpaired) electrons. The van der Waals surface area contributed by atoms with Crippen molar-refractivity contribution >= 4 is 10.9 Å². The number of ether oxygens (including phenoxy) is 1. The lowest BCUT2D eigenvalue weighted by Crippen LogP contribution is -3.00. The molecule has 0 aliphatic carbocycles. The van der Waals surface area contributed by atoms with Crippen molar-refractivity contribution in [1.82, 2.24) is 0 Å². The van der Waals surface area contributed by atoms with Gasteiger partial charge in [-0.15, -0.1) is 0 Å². The average Bonchev–Trinajstić information content (AvgIpc) is 2.22. The van der Waals surface area contributed by atoms with Crippen molar-refractivity contribution in [2.75, 3.05) is 6.61 Å². The molecule has 3 heteroatoms. The Morgan fingerprint density at radius 2 is 2.00 bits per heavy atom. The third kappa shape index (κ3) is 2.45. The number of rotatable bonds is 2. The number of aromatic nitrogens is 1. The Labute approximate surface area is 113 Å². The normalized spacial score (nSPS) is 9.94. The maximum Gasteiger partial charge on any atom is 0.216 e. The smallest absolute Gasteiger partial charge is 0.216 e. The summed E-state index contributed by atoms with van der Waals surface area (Å²) in [4.78, 5) is 0. The second-order valence-corrected chi connectivity index (χ2v) is 3.74. The summed E-state index contributed by atoms with van der Waals surface area (Å²) in [6.07, 6.45) is 2.03. The van der Waals surface area contributed by atoms with Crippen LogP contribution in [-0.4, -0.2) is 6.61 Å². The summed E-state index contributed by atoms with van der Waals surface area (Å²) in [6, 6.07) is 8.44. The molecule has 0 aliphatic heterocycles. The number of benzene rings is 1. The number of hydrogen-bond donors (Lipinski definition) is 0. The van der Waals surface area contributed by atoms with Crippen molar-refractivity contribution in [2.45, 2.75) is 13.8 Å². The van der Waals surface area contributed by atoms with Crippen LogP contribution in [0.15, 0.2) is 30.5 Å². The predicted molar refractivity (Wildman–Crippen MR) is 61.0 cm³/mol. The summed E-state index contributed by atoms with van der Waals surface area (Å²) in [5, 5.41) is 1.18. The molecule has 86 valence electrons. The molecule has 2 aromatic rings. The van der Waals surface area contributed by atoms with Gasteiger partial charge in [0.1, 0.15) is 12.8 Å². The van der Waals surface area contributed by atoms with Crippen LogP contribution in [0.25, 0.3) is 10.9 Å². The van der Waals surface area contributed by atoms with Gasteiger partial charge >= 0.3 is 0 Å². The van der Waals surface area contributed by atoms with Crippen molar-refractivity contribution in [3.8, 4) is 5.75 Å². The molecule has 1 heterocycles. The van der Waals surface area contributed by atoms with Gasteiger partial charge in [0.25, 0.3) is 0 Å². The minimum Gasteiger partial charge on any atom is -1.00 e. The zero-order valence-corrected chi connectivity index (χ0v) is 12.0. The molecular formula is C13H16INO. The molecular weight excluding hydrogens is 313 g/mol. The van der Waals surface area contributed by atoms with Crippen molar-refractivity contribution in [1.29, 1.82) is 0 Å². The maximum absolute atomic E-state index is 5.62. The number of halogens is 1. The highest BCUT2D eigenvalue weighted by Crippen LogP contribution is 2.23. The van der Waals surface area contributed by atoms with E-state index < -0.39 is 0 Å². The lowest BCUT2D eigenvalue weighted by molar-refractivity contribution is -0.644. The van der Waals surface area contributed by atoms with E-state index in [1.165, 1.54) is 16.5 Å². The van der Waals surface area contributed by atoms with Gasteiger partial charge in [0.2, 0.25) is 5.52 Å². The molecule has 0 atom stereocenters. The van der Waals surface area contributed by atoms with Gasteiger partial charge in [-0.1, -0.05) is 6.07 Å². The monoisotopic (exact) mass is 329 g/mol. The van der Waals surface area contributed by atoms with Crippen molar-refractivity contribution in [3.63, 3.8) is 0 Å². The minimum atomic E-state index is 0. The second-order valence-electron chi connectivity index (χ2n) is 3.74. The van der Waals surface area contributed by atoms with Crippen LogP contribution in [0.1, 0.15) is 12.5 Å². The van der Waals surface area contributed by atoms with Gasteiger partial charge in [0.05, 0.1) is 12.0 Å². The predicted octanol–water partition coefficient (Wildman–Crippen LogP) is -0.625. The molecule has 0 aliphatic rings. The molecule has 0 spiro atoms. The molecule has 0 bridgehead atoms. The lowest BCUT2D eigenvalue weighted by atomic mass is 10.1. The van der Waals surface area contributed by atoms with E-state index in [-0.39, 0.29) is 24.0 Å². The maximum atomic E-state index is 5.62.